The second-order valence-corrected chi connectivity index (χ2v) is 1.28. The highest BCUT2D eigenvalue weighted by molar-refractivity contribution is 6.34. The van der Waals surface area contributed by atoms with Gasteiger partial charge in [-0.3, -0.25) is 0 Å². The van der Waals surface area contributed by atoms with E-state index in [1.54, 1.807) is 0 Å². The van der Waals surface area contributed by atoms with Crippen LogP contribution in [0.3, 0.4) is 0 Å². The zero-order valence-electron chi connectivity index (χ0n) is 2.53. The molecule has 0 spiro atoms. The monoisotopic (exact) mass is 90.0 g/mol. The first-order chi connectivity index (χ1) is 2.27. The van der Waals surface area contributed by atoms with Crippen molar-refractivity contribution in [2.24, 2.45) is 0 Å². The Kier molecular flexibility index (Phi) is 2.04. The van der Waals surface area contributed by atoms with Crippen molar-refractivity contribution in [2.75, 3.05) is 0 Å². The number of halogens is 1. The van der Waals surface area contributed by atoms with Crippen molar-refractivity contribution < 1.29 is 9.19 Å². The Morgan fingerprint density at radius 1 is 2.00 bits per heavy atom. The first-order valence-corrected chi connectivity index (χ1v) is 1.96. The summed E-state index contributed by atoms with van der Waals surface area (Å²) in [6.07, 6.45) is 0. The molecule has 5 heavy (non-hydrogen) atoms. The van der Waals surface area contributed by atoms with Gasteiger partial charge in [-0.1, -0.05) is 6.58 Å². The van der Waals surface area contributed by atoms with Crippen LogP contribution in [0.4, 0.5) is 4.39 Å². The summed E-state index contributed by atoms with van der Waals surface area (Å²) >= 11 is 0. The summed E-state index contributed by atoms with van der Waals surface area (Å²) in [6, 6.07) is 0. The van der Waals surface area contributed by atoms with Gasteiger partial charge >= 0.3 is 9.76 Å². The molecule has 0 amide bonds. The lowest BCUT2D eigenvalue weighted by molar-refractivity contribution is 0.576. The Balaban J connectivity index is 2.85. The minimum Gasteiger partial charge on any atom is -0.426 e. The molecule has 28 valence electrons. The van der Waals surface area contributed by atoms with Crippen molar-refractivity contribution in [3.05, 3.63) is 12.0 Å². The molecule has 1 N–H and O–H groups in total. The van der Waals surface area contributed by atoms with Crippen LogP contribution >= 0.6 is 0 Å². The predicted octanol–water partition coefficient (Wildman–Crippen LogP) is 0.0386. The summed E-state index contributed by atoms with van der Waals surface area (Å²) in [4.78, 5) is 7.70. The van der Waals surface area contributed by atoms with Gasteiger partial charge in [-0.2, -0.15) is 0 Å². The molecule has 0 unspecified atom stereocenters. The lowest BCUT2D eigenvalue weighted by Crippen LogP contribution is -1.82. The molecule has 0 bridgehead atoms. The van der Waals surface area contributed by atoms with E-state index in [1.807, 2.05) is 0 Å². The van der Waals surface area contributed by atoms with Gasteiger partial charge in [0.15, 0.2) is 0 Å². The van der Waals surface area contributed by atoms with Gasteiger partial charge in [0, 0.05) is 0 Å². The van der Waals surface area contributed by atoms with Gasteiger partial charge < -0.3 is 4.80 Å². The molecule has 0 aromatic rings. The first kappa shape index (κ1) is 4.85. The average molecular weight is 90.1 g/mol. The zero-order valence-corrected chi connectivity index (χ0v) is 3.53. The largest absolute Gasteiger partial charge is 0.426 e. The molecule has 0 aliphatic rings. The molecule has 0 saturated heterocycles. The van der Waals surface area contributed by atoms with Crippen LogP contribution < -0.4 is 0 Å². The van der Waals surface area contributed by atoms with Gasteiger partial charge in [-0.05, 0) is 0 Å². The van der Waals surface area contributed by atoms with Crippen LogP contribution in [0.5, 0.6) is 0 Å². The Labute approximate surface area is 32.1 Å². The molecule has 0 saturated carbocycles. The summed E-state index contributed by atoms with van der Waals surface area (Å²) in [5.74, 6) is 0. The van der Waals surface area contributed by atoms with Crippen LogP contribution in [-0.2, 0) is 0 Å². The highest BCUT2D eigenvalue weighted by atomic mass is 28.2. The molecule has 0 aromatic heterocycles. The summed E-state index contributed by atoms with van der Waals surface area (Å²) in [5, 5.41) is 0. The van der Waals surface area contributed by atoms with E-state index >= 15 is 0 Å². The van der Waals surface area contributed by atoms with E-state index in [4.69, 9.17) is 4.80 Å². The van der Waals surface area contributed by atoms with Crippen LogP contribution in [0, 0.1) is 0 Å². The molecule has 0 atom stereocenters. The normalized spacial score (nSPS) is 7.60. The number of hydrogen-bond acceptors (Lipinski definition) is 1. The second kappa shape index (κ2) is 2.11. The smallest absolute Gasteiger partial charge is 0.300 e. The van der Waals surface area contributed by atoms with Crippen molar-refractivity contribution in [3.63, 3.8) is 0 Å². The molecule has 0 aliphatic carbocycles. The van der Waals surface area contributed by atoms with Crippen molar-refractivity contribution in [2.45, 2.75) is 0 Å². The number of rotatable bonds is 1. The fraction of sp³-hybridized carbons (Fsp3) is 0. The van der Waals surface area contributed by atoms with E-state index in [2.05, 4.69) is 6.58 Å². The summed E-state index contributed by atoms with van der Waals surface area (Å²) in [7, 11) is -0.747. The Morgan fingerprint density at radius 3 is 2.20 bits per heavy atom. The van der Waals surface area contributed by atoms with Gasteiger partial charge in [0.05, 0.1) is 0 Å². The first-order valence-electron chi connectivity index (χ1n) is 1.02. The molecule has 0 aliphatic heterocycles. The maximum Gasteiger partial charge on any atom is 0.300 e. The standard InChI is InChI=1S/C2H3FOSi/c1-2(3)5-4/h4H,1H2. The molecule has 3 heteroatoms. The van der Waals surface area contributed by atoms with Crippen LogP contribution in [0.15, 0.2) is 12.0 Å². The third kappa shape index (κ3) is 3.85. The molecule has 2 radical (unpaired) electrons. The van der Waals surface area contributed by atoms with E-state index in [0.29, 0.717) is 0 Å². The van der Waals surface area contributed by atoms with Gasteiger partial charge in [-0.15, -0.1) is 0 Å². The minimum absolute atomic E-state index is 0.662. The summed E-state index contributed by atoms with van der Waals surface area (Å²) in [6.45, 7) is 2.77. The third-order valence-corrected chi connectivity index (χ3v) is 0.364. The number of hydrogen-bond donors (Lipinski definition) is 1. The molecule has 0 heterocycles. The summed E-state index contributed by atoms with van der Waals surface area (Å²) in [5.41, 5.74) is -0.662. The maximum absolute atomic E-state index is 11.0. The molecular formula is C2H3FOSi. The van der Waals surface area contributed by atoms with E-state index in [0.717, 1.165) is 0 Å². The van der Waals surface area contributed by atoms with Gasteiger partial charge in [0.2, 0.25) is 0 Å². The quantitative estimate of drug-likeness (QED) is 0.451. The van der Waals surface area contributed by atoms with Gasteiger partial charge in [0.25, 0.3) is 0 Å². The Bertz CT molecular complexity index is 44.9. The predicted molar refractivity (Wildman–Crippen MR) is 18.2 cm³/mol. The Morgan fingerprint density at radius 2 is 2.20 bits per heavy atom. The fourth-order valence-electron chi connectivity index (χ4n) is 0. The third-order valence-electron chi connectivity index (χ3n) is 0.121. The Hall–Kier alpha value is -0.153. The van der Waals surface area contributed by atoms with E-state index in [9.17, 15) is 4.39 Å². The van der Waals surface area contributed by atoms with E-state index in [1.165, 1.54) is 0 Å². The molecule has 1 nitrogen and oxygen atoms in total. The molecule has 0 fully saturated rings. The van der Waals surface area contributed by atoms with Crippen LogP contribution in [0.25, 0.3) is 0 Å². The zero-order chi connectivity index (χ0) is 4.28. The lowest BCUT2D eigenvalue weighted by atomic mass is 11.2. The molecule has 0 aromatic carbocycles. The van der Waals surface area contributed by atoms with Crippen LogP contribution in [0.2, 0.25) is 0 Å². The van der Waals surface area contributed by atoms with E-state index in [-0.39, 0.29) is 0 Å². The SMILES string of the molecule is C=C(F)[Si]O. The van der Waals surface area contributed by atoms with Crippen molar-refractivity contribution in [1.29, 1.82) is 0 Å². The minimum atomic E-state index is -0.747. The van der Waals surface area contributed by atoms with Crippen molar-refractivity contribution in [1.82, 2.24) is 0 Å². The average Bonchev–Trinajstić information content (AvgIpc) is 1.38. The lowest BCUT2D eigenvalue weighted by Gasteiger charge is -1.70. The van der Waals surface area contributed by atoms with Crippen molar-refractivity contribution >= 4 is 9.76 Å². The van der Waals surface area contributed by atoms with Crippen molar-refractivity contribution in [3.8, 4) is 0 Å². The summed E-state index contributed by atoms with van der Waals surface area (Å²) < 4.78 is 11.0. The highest BCUT2D eigenvalue weighted by Crippen LogP contribution is 1.79. The van der Waals surface area contributed by atoms with Crippen LogP contribution in [-0.4, -0.2) is 14.6 Å². The molecule has 0 rings (SSSR count). The van der Waals surface area contributed by atoms with E-state index < -0.39 is 15.2 Å². The highest BCUT2D eigenvalue weighted by Gasteiger charge is 1.81. The second-order valence-electron chi connectivity index (χ2n) is 0.517. The topological polar surface area (TPSA) is 20.2 Å². The van der Waals surface area contributed by atoms with Gasteiger partial charge in [-0.25, -0.2) is 4.39 Å². The van der Waals surface area contributed by atoms with Gasteiger partial charge in [0.1, 0.15) is 5.45 Å². The maximum atomic E-state index is 11.0. The van der Waals surface area contributed by atoms with Crippen LogP contribution in [0.1, 0.15) is 0 Å². The fourth-order valence-corrected chi connectivity index (χ4v) is 0. The molecular weight excluding hydrogens is 87.1 g/mol.